The number of nitrogens with zero attached hydrogens (tertiary/aromatic N) is 1. The third-order valence-electron chi connectivity index (χ3n) is 3.00. The summed E-state index contributed by atoms with van der Waals surface area (Å²) in [5.41, 5.74) is 0.987. The van der Waals surface area contributed by atoms with E-state index in [0.717, 1.165) is 36.6 Å². The molecule has 1 heterocycles. The Hall–Kier alpha value is -1.81. The molecule has 0 saturated carbocycles. The van der Waals surface area contributed by atoms with Crippen LogP contribution in [0.1, 0.15) is 39.1 Å². The third kappa shape index (κ3) is 3.61. The molecule has 0 bridgehead atoms. The van der Waals surface area contributed by atoms with E-state index in [1.807, 2.05) is 31.2 Å². The quantitative estimate of drug-likeness (QED) is 0.834. The van der Waals surface area contributed by atoms with E-state index in [-0.39, 0.29) is 6.04 Å². The first-order valence-corrected chi connectivity index (χ1v) is 7.17. The van der Waals surface area contributed by atoms with E-state index in [2.05, 4.69) is 24.1 Å². The van der Waals surface area contributed by atoms with Gasteiger partial charge in [-0.15, -0.1) is 0 Å². The molecule has 0 amide bonds. The van der Waals surface area contributed by atoms with Gasteiger partial charge in [-0.2, -0.15) is 0 Å². The number of aromatic nitrogens is 1. The molecule has 1 aromatic carbocycles. The number of hydrogen-bond donors (Lipinski definition) is 1. The number of ether oxygens (including phenoxy) is 1. The van der Waals surface area contributed by atoms with Gasteiger partial charge < -0.3 is 14.5 Å². The van der Waals surface area contributed by atoms with E-state index in [1.165, 1.54) is 0 Å². The van der Waals surface area contributed by atoms with Gasteiger partial charge in [0.15, 0.2) is 5.76 Å². The molecule has 1 unspecified atom stereocenters. The third-order valence-corrected chi connectivity index (χ3v) is 3.00. The fourth-order valence-electron chi connectivity index (χ4n) is 1.97. The van der Waals surface area contributed by atoms with Gasteiger partial charge in [0, 0.05) is 5.56 Å². The fraction of sp³-hybridized carbons (Fsp3) is 0.438. The van der Waals surface area contributed by atoms with Crippen molar-refractivity contribution in [1.82, 2.24) is 10.3 Å². The minimum Gasteiger partial charge on any atom is -0.494 e. The van der Waals surface area contributed by atoms with Crippen molar-refractivity contribution < 1.29 is 9.15 Å². The molecule has 0 radical (unpaired) electrons. The smallest absolute Gasteiger partial charge is 0.211 e. The second-order valence-corrected chi connectivity index (χ2v) is 4.72. The largest absolute Gasteiger partial charge is 0.494 e. The molecule has 0 saturated heterocycles. The zero-order valence-corrected chi connectivity index (χ0v) is 12.3. The lowest BCUT2D eigenvalue weighted by Gasteiger charge is -2.07. The van der Waals surface area contributed by atoms with Crippen molar-refractivity contribution in [1.29, 1.82) is 0 Å². The molecule has 108 valence electrons. The lowest BCUT2D eigenvalue weighted by atomic mass is 10.2. The summed E-state index contributed by atoms with van der Waals surface area (Å²) in [5, 5.41) is 3.28. The number of rotatable bonds is 7. The average molecular weight is 274 g/mol. The predicted molar refractivity (Wildman–Crippen MR) is 79.8 cm³/mol. The molecule has 0 aliphatic carbocycles. The van der Waals surface area contributed by atoms with Crippen LogP contribution in [0.2, 0.25) is 0 Å². The molecule has 0 spiro atoms. The summed E-state index contributed by atoms with van der Waals surface area (Å²) in [5.74, 6) is 2.34. The van der Waals surface area contributed by atoms with Gasteiger partial charge >= 0.3 is 0 Å². The normalized spacial score (nSPS) is 12.3. The standard InChI is InChI=1S/C16H22N2O2/c1-4-9-19-14-8-6-7-13(10-14)15-11-18-16(20-15)12(3)17-5-2/h6-8,10-12,17H,4-5,9H2,1-3H3. The predicted octanol–water partition coefficient (Wildman–Crippen LogP) is 3.80. The maximum absolute atomic E-state index is 5.81. The van der Waals surface area contributed by atoms with Gasteiger partial charge in [0.1, 0.15) is 5.75 Å². The van der Waals surface area contributed by atoms with E-state index in [9.17, 15) is 0 Å². The summed E-state index contributed by atoms with van der Waals surface area (Å²) in [7, 11) is 0. The van der Waals surface area contributed by atoms with Crippen molar-refractivity contribution in [3.63, 3.8) is 0 Å². The average Bonchev–Trinajstić information content (AvgIpc) is 2.95. The summed E-state index contributed by atoms with van der Waals surface area (Å²) in [6, 6.07) is 8.03. The van der Waals surface area contributed by atoms with Gasteiger partial charge in [-0.3, -0.25) is 0 Å². The van der Waals surface area contributed by atoms with Crippen LogP contribution in [-0.2, 0) is 0 Å². The van der Waals surface area contributed by atoms with Crippen molar-refractivity contribution in [2.75, 3.05) is 13.2 Å². The molecule has 4 heteroatoms. The SMILES string of the molecule is CCCOc1cccc(-c2cnc(C(C)NCC)o2)c1. The Morgan fingerprint density at radius 1 is 1.35 bits per heavy atom. The van der Waals surface area contributed by atoms with Gasteiger partial charge in [0.25, 0.3) is 0 Å². The van der Waals surface area contributed by atoms with Crippen LogP contribution in [-0.4, -0.2) is 18.1 Å². The van der Waals surface area contributed by atoms with Crippen LogP contribution in [0.3, 0.4) is 0 Å². The van der Waals surface area contributed by atoms with Crippen LogP contribution in [0.5, 0.6) is 5.75 Å². The molecule has 0 aliphatic rings. The number of nitrogens with one attached hydrogen (secondary N) is 1. The Morgan fingerprint density at radius 2 is 2.20 bits per heavy atom. The first-order valence-electron chi connectivity index (χ1n) is 7.17. The van der Waals surface area contributed by atoms with Crippen molar-refractivity contribution in [2.45, 2.75) is 33.2 Å². The molecular weight excluding hydrogens is 252 g/mol. The number of benzene rings is 1. The highest BCUT2D eigenvalue weighted by Gasteiger charge is 2.12. The highest BCUT2D eigenvalue weighted by atomic mass is 16.5. The van der Waals surface area contributed by atoms with Crippen LogP contribution < -0.4 is 10.1 Å². The highest BCUT2D eigenvalue weighted by molar-refractivity contribution is 5.58. The molecule has 1 aromatic heterocycles. The number of oxazole rings is 1. The minimum atomic E-state index is 0.119. The van der Waals surface area contributed by atoms with Crippen LogP contribution in [0.4, 0.5) is 0 Å². The van der Waals surface area contributed by atoms with Gasteiger partial charge in [0.05, 0.1) is 18.8 Å². The number of hydrogen-bond acceptors (Lipinski definition) is 4. The molecule has 4 nitrogen and oxygen atoms in total. The van der Waals surface area contributed by atoms with Crippen LogP contribution in [0.15, 0.2) is 34.9 Å². The van der Waals surface area contributed by atoms with Crippen LogP contribution in [0, 0.1) is 0 Å². The molecule has 2 rings (SSSR count). The Kier molecular flexibility index (Phi) is 5.18. The van der Waals surface area contributed by atoms with E-state index in [1.54, 1.807) is 6.20 Å². The Morgan fingerprint density at radius 3 is 2.95 bits per heavy atom. The van der Waals surface area contributed by atoms with Gasteiger partial charge in [-0.05, 0) is 32.0 Å². The topological polar surface area (TPSA) is 47.3 Å². The van der Waals surface area contributed by atoms with E-state index >= 15 is 0 Å². The summed E-state index contributed by atoms with van der Waals surface area (Å²) >= 11 is 0. The summed E-state index contributed by atoms with van der Waals surface area (Å²) < 4.78 is 11.5. The molecule has 20 heavy (non-hydrogen) atoms. The zero-order valence-electron chi connectivity index (χ0n) is 12.3. The second kappa shape index (κ2) is 7.10. The fourth-order valence-corrected chi connectivity index (χ4v) is 1.97. The lowest BCUT2D eigenvalue weighted by Crippen LogP contribution is -2.17. The van der Waals surface area contributed by atoms with Crippen molar-refractivity contribution in [3.8, 4) is 17.1 Å². The Balaban J connectivity index is 2.15. The molecular formula is C16H22N2O2. The van der Waals surface area contributed by atoms with Crippen LogP contribution >= 0.6 is 0 Å². The molecule has 1 N–H and O–H groups in total. The second-order valence-electron chi connectivity index (χ2n) is 4.72. The maximum atomic E-state index is 5.81. The molecule has 0 fully saturated rings. The Bertz CT molecular complexity index is 537. The minimum absolute atomic E-state index is 0.119. The van der Waals surface area contributed by atoms with Crippen molar-refractivity contribution >= 4 is 0 Å². The zero-order chi connectivity index (χ0) is 14.4. The summed E-state index contributed by atoms with van der Waals surface area (Å²) in [4.78, 5) is 4.33. The molecule has 0 aliphatic heterocycles. The summed E-state index contributed by atoms with van der Waals surface area (Å²) in [6.07, 6.45) is 2.76. The maximum Gasteiger partial charge on any atom is 0.211 e. The van der Waals surface area contributed by atoms with Gasteiger partial charge in [-0.1, -0.05) is 26.0 Å². The van der Waals surface area contributed by atoms with Crippen LogP contribution in [0.25, 0.3) is 11.3 Å². The molecule has 2 aromatic rings. The van der Waals surface area contributed by atoms with Crippen molar-refractivity contribution in [3.05, 3.63) is 36.4 Å². The Labute approximate surface area is 120 Å². The monoisotopic (exact) mass is 274 g/mol. The first-order chi connectivity index (χ1) is 9.74. The van der Waals surface area contributed by atoms with E-state index in [0.29, 0.717) is 5.89 Å². The van der Waals surface area contributed by atoms with E-state index < -0.39 is 0 Å². The first kappa shape index (κ1) is 14.6. The molecule has 1 atom stereocenters. The van der Waals surface area contributed by atoms with E-state index in [4.69, 9.17) is 9.15 Å². The van der Waals surface area contributed by atoms with Crippen molar-refractivity contribution in [2.24, 2.45) is 0 Å². The summed E-state index contributed by atoms with van der Waals surface area (Å²) in [6.45, 7) is 7.81. The van der Waals surface area contributed by atoms with Gasteiger partial charge in [-0.25, -0.2) is 4.98 Å². The lowest BCUT2D eigenvalue weighted by molar-refractivity contribution is 0.317. The highest BCUT2D eigenvalue weighted by Crippen LogP contribution is 2.26. The van der Waals surface area contributed by atoms with Gasteiger partial charge in [0.2, 0.25) is 5.89 Å².